The summed E-state index contributed by atoms with van der Waals surface area (Å²) in [5, 5.41) is 32.2. The van der Waals surface area contributed by atoms with Crippen molar-refractivity contribution in [3.63, 3.8) is 0 Å². The van der Waals surface area contributed by atoms with Gasteiger partial charge in [-0.05, 0) is 18.9 Å². The third-order valence-corrected chi connectivity index (χ3v) is 3.40. The molecular weight excluding hydrogens is 218 g/mol. The summed E-state index contributed by atoms with van der Waals surface area (Å²) in [5.41, 5.74) is 0.0542. The second-order valence-electron chi connectivity index (χ2n) is 4.82. The van der Waals surface area contributed by atoms with Crippen LogP contribution in [0.5, 0.6) is 11.5 Å². The number of hydrogen-bond donors (Lipinski definition) is 4. The molecule has 0 bridgehead atoms. The fourth-order valence-electron chi connectivity index (χ4n) is 2.36. The quantitative estimate of drug-likeness (QED) is 0.599. The number of phenolic OH excluding ortho intramolecular Hbond substituents is 2. The highest BCUT2D eigenvalue weighted by atomic mass is 16.3. The molecule has 0 aliphatic heterocycles. The molecule has 0 amide bonds. The van der Waals surface area contributed by atoms with Gasteiger partial charge in [0.2, 0.25) is 0 Å². The predicted molar refractivity (Wildman–Crippen MR) is 64.9 cm³/mol. The molecule has 0 radical (unpaired) electrons. The Kier molecular flexibility index (Phi) is 3.54. The van der Waals surface area contributed by atoms with Crippen molar-refractivity contribution in [2.75, 3.05) is 6.54 Å². The van der Waals surface area contributed by atoms with Crippen LogP contribution in [-0.4, -0.2) is 27.5 Å². The van der Waals surface area contributed by atoms with Crippen LogP contribution in [-0.2, 0) is 6.54 Å². The number of aromatic hydroxyl groups is 2. The Morgan fingerprint density at radius 2 is 1.88 bits per heavy atom. The Labute approximate surface area is 101 Å². The molecule has 94 valence electrons. The van der Waals surface area contributed by atoms with E-state index in [2.05, 4.69) is 5.32 Å². The fraction of sp³-hybridized carbons (Fsp3) is 0.538. The van der Waals surface area contributed by atoms with Gasteiger partial charge in [-0.2, -0.15) is 0 Å². The van der Waals surface area contributed by atoms with Crippen molar-refractivity contribution in [2.24, 2.45) is 0 Å². The van der Waals surface area contributed by atoms with E-state index in [0.717, 1.165) is 25.7 Å². The Bertz CT molecular complexity index is 386. The Morgan fingerprint density at radius 3 is 2.59 bits per heavy atom. The smallest absolute Gasteiger partial charge is 0.161 e. The predicted octanol–water partition coefficient (Wildman–Crippen LogP) is 1.49. The number of para-hydroxylation sites is 1. The van der Waals surface area contributed by atoms with Crippen molar-refractivity contribution in [3.05, 3.63) is 23.8 Å². The molecule has 17 heavy (non-hydrogen) atoms. The number of nitrogens with one attached hydrogen (secondary N) is 1. The lowest BCUT2D eigenvalue weighted by molar-refractivity contribution is 0.0474. The van der Waals surface area contributed by atoms with Gasteiger partial charge in [-0.15, -0.1) is 0 Å². The highest BCUT2D eigenvalue weighted by molar-refractivity contribution is 5.44. The van der Waals surface area contributed by atoms with Gasteiger partial charge in [0, 0.05) is 18.7 Å². The highest BCUT2D eigenvalue weighted by Crippen LogP contribution is 2.30. The van der Waals surface area contributed by atoms with Crippen molar-refractivity contribution in [2.45, 2.75) is 37.8 Å². The second-order valence-corrected chi connectivity index (χ2v) is 4.82. The number of benzene rings is 1. The average Bonchev–Trinajstić information content (AvgIpc) is 2.72. The Balaban J connectivity index is 1.88. The summed E-state index contributed by atoms with van der Waals surface area (Å²) >= 11 is 0. The van der Waals surface area contributed by atoms with Crippen LogP contribution in [0.4, 0.5) is 0 Å². The van der Waals surface area contributed by atoms with Gasteiger partial charge in [-0.3, -0.25) is 0 Å². The maximum Gasteiger partial charge on any atom is 0.161 e. The lowest BCUT2D eigenvalue weighted by Crippen LogP contribution is -2.37. The molecule has 4 nitrogen and oxygen atoms in total. The zero-order chi connectivity index (χ0) is 12.3. The summed E-state index contributed by atoms with van der Waals surface area (Å²) < 4.78 is 0. The first-order chi connectivity index (χ1) is 8.11. The topological polar surface area (TPSA) is 72.7 Å². The van der Waals surface area contributed by atoms with E-state index in [0.29, 0.717) is 18.7 Å². The van der Waals surface area contributed by atoms with Gasteiger partial charge in [0.25, 0.3) is 0 Å². The van der Waals surface area contributed by atoms with E-state index in [1.54, 1.807) is 12.1 Å². The second kappa shape index (κ2) is 4.94. The molecule has 0 atom stereocenters. The van der Waals surface area contributed by atoms with Crippen LogP contribution >= 0.6 is 0 Å². The third kappa shape index (κ3) is 2.90. The SMILES string of the molecule is Oc1cccc(CNCC2(O)CCCC2)c1O. The first kappa shape index (κ1) is 12.2. The van der Waals surface area contributed by atoms with Crippen LogP contribution in [0, 0.1) is 0 Å². The van der Waals surface area contributed by atoms with Gasteiger partial charge in [-0.1, -0.05) is 25.0 Å². The third-order valence-electron chi connectivity index (χ3n) is 3.40. The minimum atomic E-state index is -0.591. The molecule has 0 saturated heterocycles. The van der Waals surface area contributed by atoms with Crippen LogP contribution in [0.25, 0.3) is 0 Å². The summed E-state index contributed by atoms with van der Waals surface area (Å²) in [6.07, 6.45) is 3.84. The van der Waals surface area contributed by atoms with Gasteiger partial charge in [0.05, 0.1) is 5.60 Å². The molecule has 0 aromatic heterocycles. The molecule has 0 spiro atoms. The first-order valence-electron chi connectivity index (χ1n) is 6.04. The molecule has 1 aromatic carbocycles. The zero-order valence-corrected chi connectivity index (χ0v) is 9.82. The molecule has 4 N–H and O–H groups in total. The van der Waals surface area contributed by atoms with E-state index >= 15 is 0 Å². The molecule has 4 heteroatoms. The van der Waals surface area contributed by atoms with Crippen molar-refractivity contribution in [1.82, 2.24) is 5.32 Å². The van der Waals surface area contributed by atoms with Gasteiger partial charge in [-0.25, -0.2) is 0 Å². The number of rotatable bonds is 4. The highest BCUT2D eigenvalue weighted by Gasteiger charge is 2.30. The zero-order valence-electron chi connectivity index (χ0n) is 9.82. The fourth-order valence-corrected chi connectivity index (χ4v) is 2.36. The Hall–Kier alpha value is -1.26. The number of hydrogen-bond acceptors (Lipinski definition) is 4. The van der Waals surface area contributed by atoms with Gasteiger partial charge in [0.1, 0.15) is 0 Å². The van der Waals surface area contributed by atoms with Crippen LogP contribution in [0.3, 0.4) is 0 Å². The minimum absolute atomic E-state index is 0.0848. The molecule has 1 aliphatic carbocycles. The van der Waals surface area contributed by atoms with Gasteiger partial charge >= 0.3 is 0 Å². The minimum Gasteiger partial charge on any atom is -0.504 e. The number of phenols is 2. The standard InChI is InChI=1S/C13H19NO3/c15-11-5-3-4-10(12(11)16)8-14-9-13(17)6-1-2-7-13/h3-5,14-17H,1-2,6-9H2. The summed E-state index contributed by atoms with van der Waals surface area (Å²) in [6.45, 7) is 0.977. The monoisotopic (exact) mass is 237 g/mol. The van der Waals surface area contributed by atoms with Crippen molar-refractivity contribution >= 4 is 0 Å². The van der Waals surface area contributed by atoms with Crippen LogP contribution in [0.1, 0.15) is 31.2 Å². The summed E-state index contributed by atoms with van der Waals surface area (Å²) in [5.74, 6) is -0.192. The average molecular weight is 237 g/mol. The van der Waals surface area contributed by atoms with E-state index in [1.165, 1.54) is 6.07 Å². The molecule has 1 aliphatic rings. The normalized spacial score (nSPS) is 18.4. The van der Waals surface area contributed by atoms with Gasteiger partial charge in [0.15, 0.2) is 11.5 Å². The van der Waals surface area contributed by atoms with E-state index in [-0.39, 0.29) is 11.5 Å². The maximum atomic E-state index is 10.1. The van der Waals surface area contributed by atoms with E-state index in [1.807, 2.05) is 0 Å². The maximum absolute atomic E-state index is 10.1. The first-order valence-corrected chi connectivity index (χ1v) is 6.04. The van der Waals surface area contributed by atoms with E-state index in [4.69, 9.17) is 0 Å². The molecule has 2 rings (SSSR count). The molecule has 0 heterocycles. The van der Waals surface area contributed by atoms with Crippen LogP contribution < -0.4 is 5.32 Å². The van der Waals surface area contributed by atoms with Crippen molar-refractivity contribution in [1.29, 1.82) is 0 Å². The summed E-state index contributed by atoms with van der Waals surface area (Å²) in [6, 6.07) is 4.89. The summed E-state index contributed by atoms with van der Waals surface area (Å²) in [7, 11) is 0. The largest absolute Gasteiger partial charge is 0.504 e. The molecule has 0 unspecified atom stereocenters. The van der Waals surface area contributed by atoms with Crippen LogP contribution in [0.2, 0.25) is 0 Å². The molecule has 1 aromatic rings. The Morgan fingerprint density at radius 1 is 1.18 bits per heavy atom. The number of aliphatic hydroxyl groups is 1. The van der Waals surface area contributed by atoms with Crippen molar-refractivity contribution < 1.29 is 15.3 Å². The molecule has 1 fully saturated rings. The lowest BCUT2D eigenvalue weighted by atomic mass is 10.0. The summed E-state index contributed by atoms with van der Waals surface area (Å²) in [4.78, 5) is 0. The van der Waals surface area contributed by atoms with Gasteiger partial charge < -0.3 is 20.6 Å². The van der Waals surface area contributed by atoms with E-state index < -0.39 is 5.60 Å². The van der Waals surface area contributed by atoms with Crippen molar-refractivity contribution in [3.8, 4) is 11.5 Å². The molecule has 1 saturated carbocycles. The molecular formula is C13H19NO3. The van der Waals surface area contributed by atoms with E-state index in [9.17, 15) is 15.3 Å². The van der Waals surface area contributed by atoms with Crippen LogP contribution in [0.15, 0.2) is 18.2 Å². The lowest BCUT2D eigenvalue weighted by Gasteiger charge is -2.22.